The number of hydrogen-bond acceptors (Lipinski definition) is 5. The summed E-state index contributed by atoms with van der Waals surface area (Å²) in [5.41, 5.74) is 3.00. The van der Waals surface area contributed by atoms with Crippen molar-refractivity contribution in [1.29, 1.82) is 0 Å². The largest absolute Gasteiger partial charge is 0.334 e. The molecule has 2 heterocycles. The van der Waals surface area contributed by atoms with E-state index in [9.17, 15) is 4.79 Å². The zero-order valence-electron chi connectivity index (χ0n) is 15.6. The lowest BCUT2D eigenvalue weighted by Crippen LogP contribution is -2.29. The quantitative estimate of drug-likeness (QED) is 0.513. The number of thiazole rings is 1. The standard InChI is InChI=1S/C21H19N5OS/c1-15(16-8-10-18(11-9-16)26-14-22-13-24-26)25(2)21(27)19-12-23-20(28-19)17-6-4-3-5-7-17/h3-15H,1-2H3. The number of benzene rings is 2. The molecule has 140 valence electrons. The molecule has 0 radical (unpaired) electrons. The first-order valence-corrected chi connectivity index (χ1v) is 9.68. The van der Waals surface area contributed by atoms with Gasteiger partial charge < -0.3 is 4.90 Å². The molecule has 0 spiro atoms. The third-order valence-corrected chi connectivity index (χ3v) is 5.73. The number of hydrogen-bond donors (Lipinski definition) is 0. The number of carbonyl (C=O) groups is 1. The molecule has 0 aliphatic carbocycles. The molecule has 7 heteroatoms. The first-order chi connectivity index (χ1) is 13.6. The highest BCUT2D eigenvalue weighted by atomic mass is 32.1. The van der Waals surface area contributed by atoms with Crippen LogP contribution < -0.4 is 0 Å². The van der Waals surface area contributed by atoms with Crippen molar-refractivity contribution >= 4 is 17.2 Å². The summed E-state index contributed by atoms with van der Waals surface area (Å²) in [7, 11) is 1.82. The van der Waals surface area contributed by atoms with Gasteiger partial charge in [0.2, 0.25) is 0 Å². The van der Waals surface area contributed by atoms with E-state index in [0.29, 0.717) is 4.88 Å². The number of aromatic nitrogens is 4. The van der Waals surface area contributed by atoms with E-state index in [2.05, 4.69) is 15.1 Å². The monoisotopic (exact) mass is 389 g/mol. The molecule has 4 aromatic rings. The van der Waals surface area contributed by atoms with Gasteiger partial charge in [0.15, 0.2) is 0 Å². The van der Waals surface area contributed by atoms with Crippen LogP contribution in [0.25, 0.3) is 16.3 Å². The Morgan fingerprint density at radius 1 is 1.11 bits per heavy atom. The lowest BCUT2D eigenvalue weighted by atomic mass is 10.1. The van der Waals surface area contributed by atoms with E-state index in [4.69, 9.17) is 0 Å². The average Bonchev–Trinajstić information content (AvgIpc) is 3.45. The normalized spacial score (nSPS) is 11.9. The van der Waals surface area contributed by atoms with Gasteiger partial charge >= 0.3 is 0 Å². The molecule has 28 heavy (non-hydrogen) atoms. The van der Waals surface area contributed by atoms with Gasteiger partial charge in [-0.05, 0) is 24.6 Å². The summed E-state index contributed by atoms with van der Waals surface area (Å²) in [4.78, 5) is 23.7. The van der Waals surface area contributed by atoms with Crippen LogP contribution in [0.5, 0.6) is 0 Å². The SMILES string of the molecule is CC(c1ccc(-n2cncn2)cc1)N(C)C(=O)c1cnc(-c2ccccc2)s1. The zero-order chi connectivity index (χ0) is 19.5. The van der Waals surface area contributed by atoms with Crippen molar-refractivity contribution in [3.8, 4) is 16.3 Å². The van der Waals surface area contributed by atoms with Gasteiger partial charge in [0, 0.05) is 12.6 Å². The third-order valence-electron chi connectivity index (χ3n) is 4.70. The van der Waals surface area contributed by atoms with Crippen molar-refractivity contribution in [3.63, 3.8) is 0 Å². The molecule has 0 aliphatic heterocycles. The van der Waals surface area contributed by atoms with Crippen LogP contribution in [0.15, 0.2) is 73.4 Å². The molecular weight excluding hydrogens is 370 g/mol. The molecule has 1 amide bonds. The van der Waals surface area contributed by atoms with Gasteiger partial charge in [0.05, 0.1) is 17.9 Å². The Morgan fingerprint density at radius 2 is 1.86 bits per heavy atom. The van der Waals surface area contributed by atoms with Gasteiger partial charge in [0.25, 0.3) is 5.91 Å². The van der Waals surface area contributed by atoms with Crippen LogP contribution >= 0.6 is 11.3 Å². The van der Waals surface area contributed by atoms with Gasteiger partial charge in [-0.15, -0.1) is 11.3 Å². The van der Waals surface area contributed by atoms with E-state index in [1.807, 2.05) is 68.6 Å². The second kappa shape index (κ2) is 7.74. The number of amides is 1. The van der Waals surface area contributed by atoms with Crippen molar-refractivity contribution in [1.82, 2.24) is 24.6 Å². The molecule has 0 N–H and O–H groups in total. The number of nitrogens with zero attached hydrogens (tertiary/aromatic N) is 5. The molecule has 6 nitrogen and oxygen atoms in total. The predicted molar refractivity (Wildman–Crippen MR) is 109 cm³/mol. The van der Waals surface area contributed by atoms with Crippen LogP contribution in [0.2, 0.25) is 0 Å². The maximum atomic E-state index is 12.9. The minimum Gasteiger partial charge on any atom is -0.334 e. The minimum absolute atomic E-state index is 0.0347. The lowest BCUT2D eigenvalue weighted by Gasteiger charge is -2.25. The highest BCUT2D eigenvalue weighted by Crippen LogP contribution is 2.28. The Hall–Kier alpha value is -3.32. The molecule has 0 fully saturated rings. The van der Waals surface area contributed by atoms with E-state index in [1.54, 1.807) is 22.1 Å². The summed E-state index contributed by atoms with van der Waals surface area (Å²) < 4.78 is 1.70. The Morgan fingerprint density at radius 3 is 2.54 bits per heavy atom. The topological polar surface area (TPSA) is 63.9 Å². The second-order valence-corrected chi connectivity index (χ2v) is 7.45. The first-order valence-electron chi connectivity index (χ1n) is 8.87. The fourth-order valence-corrected chi connectivity index (χ4v) is 3.81. The van der Waals surface area contributed by atoms with E-state index in [1.165, 1.54) is 17.7 Å². The molecule has 1 atom stereocenters. The van der Waals surface area contributed by atoms with Gasteiger partial charge in [-0.25, -0.2) is 14.6 Å². The Bertz CT molecular complexity index is 1060. The molecule has 0 saturated heterocycles. The van der Waals surface area contributed by atoms with Crippen molar-refractivity contribution in [3.05, 3.63) is 83.9 Å². The highest BCUT2D eigenvalue weighted by Gasteiger charge is 2.21. The van der Waals surface area contributed by atoms with Crippen LogP contribution in [-0.4, -0.2) is 37.6 Å². The summed E-state index contributed by atoms with van der Waals surface area (Å²) in [6.45, 7) is 2.02. The molecule has 2 aromatic heterocycles. The predicted octanol–water partition coefficient (Wildman–Crippen LogP) is 4.22. The van der Waals surface area contributed by atoms with Crippen molar-refractivity contribution in [2.75, 3.05) is 7.05 Å². The Labute approximate surface area is 167 Å². The first kappa shape index (κ1) is 18.1. The summed E-state index contributed by atoms with van der Waals surface area (Å²) >= 11 is 1.41. The van der Waals surface area contributed by atoms with E-state index < -0.39 is 0 Å². The molecular formula is C21H19N5OS. The van der Waals surface area contributed by atoms with Gasteiger partial charge in [-0.1, -0.05) is 42.5 Å². The van der Waals surface area contributed by atoms with Crippen LogP contribution in [0.1, 0.15) is 28.2 Å². The van der Waals surface area contributed by atoms with Crippen LogP contribution in [0.3, 0.4) is 0 Å². The molecule has 0 aliphatic rings. The molecule has 0 bridgehead atoms. The smallest absolute Gasteiger partial charge is 0.265 e. The number of rotatable bonds is 5. The van der Waals surface area contributed by atoms with Crippen LogP contribution in [-0.2, 0) is 0 Å². The van der Waals surface area contributed by atoms with Crippen LogP contribution in [0.4, 0.5) is 0 Å². The van der Waals surface area contributed by atoms with Crippen molar-refractivity contribution < 1.29 is 4.79 Å². The van der Waals surface area contributed by atoms with Gasteiger partial charge in [-0.2, -0.15) is 5.10 Å². The Kier molecular flexibility index (Phi) is 4.99. The lowest BCUT2D eigenvalue weighted by molar-refractivity contribution is 0.0747. The molecule has 0 saturated carbocycles. The summed E-state index contributed by atoms with van der Waals surface area (Å²) in [6.07, 6.45) is 4.82. The molecule has 4 rings (SSSR count). The Balaban J connectivity index is 1.50. The molecule has 1 unspecified atom stereocenters. The maximum absolute atomic E-state index is 12.9. The highest BCUT2D eigenvalue weighted by molar-refractivity contribution is 7.16. The molecule has 2 aromatic carbocycles. The average molecular weight is 389 g/mol. The fraction of sp³-hybridized carbons (Fsp3) is 0.143. The fourth-order valence-electron chi connectivity index (χ4n) is 2.91. The summed E-state index contributed by atoms with van der Waals surface area (Å²) in [6, 6.07) is 17.8. The van der Waals surface area contributed by atoms with E-state index in [0.717, 1.165) is 21.8 Å². The van der Waals surface area contributed by atoms with Crippen LogP contribution in [0, 0.1) is 0 Å². The second-order valence-electron chi connectivity index (χ2n) is 6.42. The third kappa shape index (κ3) is 3.57. The van der Waals surface area contributed by atoms with Crippen molar-refractivity contribution in [2.45, 2.75) is 13.0 Å². The van der Waals surface area contributed by atoms with E-state index in [-0.39, 0.29) is 11.9 Å². The number of carbonyl (C=O) groups excluding carboxylic acids is 1. The van der Waals surface area contributed by atoms with Gasteiger partial charge in [0.1, 0.15) is 22.5 Å². The summed E-state index contributed by atoms with van der Waals surface area (Å²) in [5.74, 6) is -0.0347. The van der Waals surface area contributed by atoms with Crippen molar-refractivity contribution in [2.24, 2.45) is 0 Å². The summed E-state index contributed by atoms with van der Waals surface area (Å²) in [5, 5.41) is 4.98. The minimum atomic E-state index is -0.0698. The van der Waals surface area contributed by atoms with E-state index >= 15 is 0 Å². The van der Waals surface area contributed by atoms with Gasteiger partial charge in [-0.3, -0.25) is 4.79 Å². The zero-order valence-corrected chi connectivity index (χ0v) is 16.4. The maximum Gasteiger partial charge on any atom is 0.265 e.